The molecule has 0 radical (unpaired) electrons. The van der Waals surface area contributed by atoms with Gasteiger partial charge in [0, 0.05) is 17.2 Å². The molecular formula is C27H26N4O3. The molecule has 1 unspecified atom stereocenters. The topological polar surface area (TPSA) is 108 Å². The summed E-state index contributed by atoms with van der Waals surface area (Å²) in [6, 6.07) is 25.3. The molecular weight excluding hydrogens is 428 g/mol. The lowest BCUT2D eigenvalue weighted by atomic mass is 9.88. The lowest BCUT2D eigenvalue weighted by Crippen LogP contribution is -2.39. The van der Waals surface area contributed by atoms with Gasteiger partial charge in [0.1, 0.15) is 29.6 Å². The summed E-state index contributed by atoms with van der Waals surface area (Å²) < 4.78 is 17.8. The highest BCUT2D eigenvalue weighted by molar-refractivity contribution is 5.86. The van der Waals surface area contributed by atoms with Crippen molar-refractivity contribution in [3.63, 3.8) is 0 Å². The van der Waals surface area contributed by atoms with Gasteiger partial charge < -0.3 is 24.9 Å². The zero-order chi connectivity index (χ0) is 23.5. The van der Waals surface area contributed by atoms with Gasteiger partial charge in [-0.05, 0) is 29.8 Å². The largest absolute Gasteiger partial charge is 0.496 e. The van der Waals surface area contributed by atoms with Crippen molar-refractivity contribution in [1.29, 1.82) is 0 Å². The number of ether oxygens (including phenoxy) is 2. The van der Waals surface area contributed by atoms with Gasteiger partial charge in [-0.25, -0.2) is 4.99 Å². The van der Waals surface area contributed by atoms with Gasteiger partial charge in [0.15, 0.2) is 5.66 Å². The van der Waals surface area contributed by atoms with Crippen LogP contribution in [0, 0.1) is 0 Å². The molecule has 1 aromatic heterocycles. The van der Waals surface area contributed by atoms with Crippen LogP contribution in [0.2, 0.25) is 0 Å². The highest BCUT2D eigenvalue weighted by atomic mass is 16.5. The monoisotopic (exact) mass is 454 g/mol. The third kappa shape index (κ3) is 3.91. The Balaban J connectivity index is 1.59. The number of methoxy groups -OCH3 is 1. The van der Waals surface area contributed by atoms with Crippen LogP contribution in [0.15, 0.2) is 88.3 Å². The molecule has 0 bridgehead atoms. The second-order valence-electron chi connectivity index (χ2n) is 8.01. The third-order valence-corrected chi connectivity index (χ3v) is 5.90. The predicted octanol–water partition coefficient (Wildman–Crippen LogP) is 4.61. The molecule has 34 heavy (non-hydrogen) atoms. The zero-order valence-corrected chi connectivity index (χ0v) is 18.8. The minimum atomic E-state index is -1.18. The molecule has 2 heterocycles. The summed E-state index contributed by atoms with van der Waals surface area (Å²) in [7, 11) is 1.62. The van der Waals surface area contributed by atoms with E-state index in [1.165, 1.54) is 0 Å². The molecule has 0 aliphatic carbocycles. The lowest BCUT2D eigenvalue weighted by molar-refractivity contribution is 0.297. The van der Waals surface area contributed by atoms with E-state index in [0.29, 0.717) is 36.2 Å². The van der Waals surface area contributed by atoms with Crippen molar-refractivity contribution in [2.45, 2.75) is 18.8 Å². The van der Waals surface area contributed by atoms with E-state index in [1.54, 1.807) is 13.4 Å². The van der Waals surface area contributed by atoms with E-state index in [2.05, 4.69) is 10.3 Å². The van der Waals surface area contributed by atoms with Crippen LogP contribution in [0.4, 0.5) is 5.69 Å². The van der Waals surface area contributed by atoms with Crippen molar-refractivity contribution in [2.24, 2.45) is 16.5 Å². The molecule has 5 rings (SSSR count). The number of furan rings is 1. The number of benzene rings is 3. The number of aliphatic imine (C=N–C) groups is 1. The number of nitrogens with zero attached hydrogens (tertiary/aromatic N) is 1. The van der Waals surface area contributed by atoms with Crippen LogP contribution in [0.3, 0.4) is 0 Å². The van der Waals surface area contributed by atoms with Crippen LogP contribution in [-0.2, 0) is 18.8 Å². The Bertz CT molecular complexity index is 1330. The van der Waals surface area contributed by atoms with Gasteiger partial charge in [-0.3, -0.25) is 5.73 Å². The number of nitrogens with one attached hydrogen (secondary N) is 1. The van der Waals surface area contributed by atoms with Gasteiger partial charge in [0.05, 0.1) is 31.2 Å². The van der Waals surface area contributed by atoms with E-state index in [9.17, 15) is 0 Å². The quantitative estimate of drug-likeness (QED) is 0.376. The maximum absolute atomic E-state index is 7.02. The molecule has 1 atom stereocenters. The molecule has 3 aromatic carbocycles. The number of hydrogen-bond acceptors (Lipinski definition) is 7. The lowest BCUT2D eigenvalue weighted by Gasteiger charge is -2.33. The minimum absolute atomic E-state index is 0.312. The zero-order valence-electron chi connectivity index (χ0n) is 18.8. The van der Waals surface area contributed by atoms with Gasteiger partial charge in [-0.2, -0.15) is 0 Å². The van der Waals surface area contributed by atoms with Crippen LogP contribution in [0.1, 0.15) is 22.5 Å². The van der Waals surface area contributed by atoms with Crippen LogP contribution in [0.5, 0.6) is 11.5 Å². The first kappa shape index (κ1) is 21.8. The van der Waals surface area contributed by atoms with E-state index in [-0.39, 0.29) is 0 Å². The molecule has 7 nitrogen and oxygen atoms in total. The Hall–Kier alpha value is -4.07. The van der Waals surface area contributed by atoms with E-state index >= 15 is 0 Å². The van der Waals surface area contributed by atoms with E-state index < -0.39 is 5.66 Å². The summed E-state index contributed by atoms with van der Waals surface area (Å²) >= 11 is 0. The Morgan fingerprint density at radius 2 is 1.74 bits per heavy atom. The van der Waals surface area contributed by atoms with Crippen molar-refractivity contribution in [3.8, 4) is 22.8 Å². The molecule has 1 aliphatic rings. The Morgan fingerprint density at radius 1 is 0.941 bits per heavy atom. The second kappa shape index (κ2) is 9.05. The van der Waals surface area contributed by atoms with Crippen molar-refractivity contribution in [1.82, 2.24) is 0 Å². The molecule has 1 aliphatic heterocycles. The maximum Gasteiger partial charge on any atom is 0.167 e. The first-order valence-corrected chi connectivity index (χ1v) is 11.0. The number of para-hydroxylation sites is 1. The Morgan fingerprint density at radius 3 is 2.50 bits per heavy atom. The molecule has 0 spiro atoms. The van der Waals surface area contributed by atoms with Crippen molar-refractivity contribution < 1.29 is 13.9 Å². The molecule has 0 amide bonds. The molecule has 4 aromatic rings. The summed E-state index contributed by atoms with van der Waals surface area (Å²) in [5, 5.41) is 3.19. The Kier molecular flexibility index (Phi) is 5.79. The third-order valence-electron chi connectivity index (χ3n) is 5.90. The number of fused-ring (bicyclic) bond motifs is 1. The summed E-state index contributed by atoms with van der Waals surface area (Å²) in [5.41, 5.74) is 15.7. The fraction of sp³-hybridized carbons (Fsp3) is 0.148. The minimum Gasteiger partial charge on any atom is -0.496 e. The second-order valence-corrected chi connectivity index (χ2v) is 8.01. The summed E-state index contributed by atoms with van der Waals surface area (Å²) in [5.74, 6) is 2.64. The van der Waals surface area contributed by atoms with Gasteiger partial charge >= 0.3 is 0 Å². The fourth-order valence-electron chi connectivity index (χ4n) is 4.14. The number of nitrogens with two attached hydrogens (primary N) is 2. The van der Waals surface area contributed by atoms with Crippen molar-refractivity contribution in [3.05, 3.63) is 101 Å². The van der Waals surface area contributed by atoms with Crippen molar-refractivity contribution >= 4 is 12.0 Å². The van der Waals surface area contributed by atoms with Gasteiger partial charge in [-0.1, -0.05) is 48.5 Å². The molecule has 0 saturated heterocycles. The average Bonchev–Trinajstić information content (AvgIpc) is 3.37. The first-order valence-electron chi connectivity index (χ1n) is 11.0. The predicted molar refractivity (Wildman–Crippen MR) is 133 cm³/mol. The van der Waals surface area contributed by atoms with Crippen molar-refractivity contribution in [2.75, 3.05) is 12.4 Å². The SMILES string of the molecule is COc1cc2c(cc1-c1ccc(CN)o1)C(N)(c1ccccc1OCc1ccccc1)N=CN2. The Labute approximate surface area is 198 Å². The van der Waals surface area contributed by atoms with Gasteiger partial charge in [0.25, 0.3) is 0 Å². The van der Waals surface area contributed by atoms with Crippen LogP contribution in [0.25, 0.3) is 11.3 Å². The summed E-state index contributed by atoms with van der Waals surface area (Å²) in [6.45, 7) is 0.733. The van der Waals surface area contributed by atoms with Crippen LogP contribution >= 0.6 is 0 Å². The van der Waals surface area contributed by atoms with E-state index in [0.717, 1.165) is 27.9 Å². The first-order chi connectivity index (χ1) is 16.6. The smallest absolute Gasteiger partial charge is 0.167 e. The van der Waals surface area contributed by atoms with E-state index in [1.807, 2.05) is 78.9 Å². The molecule has 0 fully saturated rings. The highest BCUT2D eigenvalue weighted by Gasteiger charge is 2.37. The molecule has 5 N–H and O–H groups in total. The number of hydrogen-bond donors (Lipinski definition) is 3. The summed E-state index contributed by atoms with van der Waals surface area (Å²) in [6.07, 6.45) is 1.61. The molecule has 7 heteroatoms. The summed E-state index contributed by atoms with van der Waals surface area (Å²) in [4.78, 5) is 4.67. The van der Waals surface area contributed by atoms with Crippen LogP contribution in [-0.4, -0.2) is 13.4 Å². The fourth-order valence-corrected chi connectivity index (χ4v) is 4.14. The highest BCUT2D eigenvalue weighted by Crippen LogP contribution is 2.45. The van der Waals surface area contributed by atoms with Gasteiger partial charge in [-0.15, -0.1) is 0 Å². The number of rotatable bonds is 7. The normalized spacial score (nSPS) is 16.6. The maximum atomic E-state index is 7.02. The molecule has 0 saturated carbocycles. The van der Waals surface area contributed by atoms with Crippen LogP contribution < -0.4 is 26.3 Å². The standard InChI is InChI=1S/C27H26N4O3/c1-32-26-14-23-22(13-20(26)24-12-11-19(15-28)34-24)27(29,31-17-30-23)21-9-5-6-10-25(21)33-16-18-7-3-2-4-8-18/h2-14,17H,15-16,28-29H2,1H3,(H,30,31). The molecule has 172 valence electrons. The average molecular weight is 455 g/mol. The van der Waals surface area contributed by atoms with E-state index in [4.69, 9.17) is 25.4 Å². The number of anilines is 1. The van der Waals surface area contributed by atoms with Gasteiger partial charge in [0.2, 0.25) is 0 Å².